The van der Waals surface area contributed by atoms with Crippen LogP contribution in [-0.4, -0.2) is 22.8 Å². The Hall–Kier alpha value is -2.89. The number of halogens is 3. The lowest BCUT2D eigenvalue weighted by Crippen LogP contribution is -2.26. The van der Waals surface area contributed by atoms with Crippen molar-refractivity contribution in [3.05, 3.63) is 77.6 Å². The third kappa shape index (κ3) is 3.63. The van der Waals surface area contributed by atoms with Crippen LogP contribution in [0, 0.1) is 0 Å². The average molecular weight is 344 g/mol. The Morgan fingerprint density at radius 1 is 1.04 bits per heavy atom. The van der Waals surface area contributed by atoms with Crippen molar-refractivity contribution in [2.75, 3.05) is 7.05 Å². The molecule has 0 saturated carbocycles. The Kier molecular flexibility index (Phi) is 4.44. The van der Waals surface area contributed by atoms with Gasteiger partial charge in [0.1, 0.15) is 5.69 Å². The highest BCUT2D eigenvalue weighted by Gasteiger charge is 2.32. The fraction of sp³-hybridized carbons (Fsp3) is 0.158. The topological polar surface area (TPSA) is 33.2 Å². The van der Waals surface area contributed by atoms with Crippen molar-refractivity contribution in [2.24, 2.45) is 0 Å². The van der Waals surface area contributed by atoms with Gasteiger partial charge in [-0.2, -0.15) is 13.2 Å². The molecule has 0 spiro atoms. The minimum atomic E-state index is -4.52. The number of aromatic nitrogens is 1. The molecule has 0 bridgehead atoms. The number of pyridine rings is 1. The Balaban J connectivity index is 1.81. The van der Waals surface area contributed by atoms with Crippen LogP contribution >= 0.6 is 0 Å². The molecule has 128 valence electrons. The monoisotopic (exact) mass is 344 g/mol. The van der Waals surface area contributed by atoms with Gasteiger partial charge < -0.3 is 4.90 Å². The van der Waals surface area contributed by atoms with E-state index in [0.29, 0.717) is 6.54 Å². The molecule has 3 nitrogen and oxygen atoms in total. The van der Waals surface area contributed by atoms with Gasteiger partial charge in [0.15, 0.2) is 0 Å². The third-order valence-corrected chi connectivity index (χ3v) is 3.94. The summed E-state index contributed by atoms with van der Waals surface area (Å²) in [5.41, 5.74) is 0.0744. The molecule has 0 radical (unpaired) electrons. The largest absolute Gasteiger partial charge is 0.433 e. The predicted octanol–water partition coefficient (Wildman–Crippen LogP) is 4.53. The van der Waals surface area contributed by atoms with Gasteiger partial charge in [0.05, 0.1) is 5.56 Å². The quantitative estimate of drug-likeness (QED) is 0.700. The second kappa shape index (κ2) is 6.55. The van der Waals surface area contributed by atoms with E-state index in [9.17, 15) is 18.0 Å². The maximum atomic E-state index is 12.6. The van der Waals surface area contributed by atoms with E-state index in [2.05, 4.69) is 4.98 Å². The Labute approximate surface area is 142 Å². The van der Waals surface area contributed by atoms with Crippen LogP contribution in [0.2, 0.25) is 0 Å². The van der Waals surface area contributed by atoms with Gasteiger partial charge >= 0.3 is 6.18 Å². The molecule has 0 aliphatic heterocycles. The first-order chi connectivity index (χ1) is 11.9. The molecule has 2 aromatic carbocycles. The molecule has 0 atom stereocenters. The number of amides is 1. The number of alkyl halides is 3. The number of rotatable bonds is 3. The maximum Gasteiger partial charge on any atom is 0.433 e. The van der Waals surface area contributed by atoms with Gasteiger partial charge in [-0.1, -0.05) is 42.5 Å². The van der Waals surface area contributed by atoms with Crippen molar-refractivity contribution in [1.29, 1.82) is 0 Å². The second-order valence-electron chi connectivity index (χ2n) is 5.73. The van der Waals surface area contributed by atoms with E-state index in [1.165, 1.54) is 4.90 Å². The van der Waals surface area contributed by atoms with E-state index in [4.69, 9.17) is 0 Å². The molecular weight excluding hydrogens is 329 g/mol. The van der Waals surface area contributed by atoms with Crippen molar-refractivity contribution in [3.63, 3.8) is 0 Å². The summed E-state index contributed by atoms with van der Waals surface area (Å²) in [5.74, 6) is -0.380. The number of benzene rings is 2. The lowest BCUT2D eigenvalue weighted by Gasteiger charge is -2.18. The molecule has 0 N–H and O–H groups in total. The molecule has 1 amide bonds. The van der Waals surface area contributed by atoms with Gasteiger partial charge in [-0.05, 0) is 28.5 Å². The van der Waals surface area contributed by atoms with E-state index in [-0.39, 0.29) is 11.5 Å². The number of fused-ring (bicyclic) bond motifs is 1. The number of nitrogens with zero attached hydrogens (tertiary/aromatic N) is 2. The zero-order chi connectivity index (χ0) is 18.0. The van der Waals surface area contributed by atoms with Gasteiger partial charge in [0.25, 0.3) is 5.91 Å². The fourth-order valence-corrected chi connectivity index (χ4v) is 2.67. The number of hydrogen-bond donors (Lipinski definition) is 0. The molecule has 1 heterocycles. The van der Waals surface area contributed by atoms with E-state index < -0.39 is 11.9 Å². The lowest BCUT2D eigenvalue weighted by atomic mass is 10.0. The predicted molar refractivity (Wildman–Crippen MR) is 89.0 cm³/mol. The summed E-state index contributed by atoms with van der Waals surface area (Å²) in [6.07, 6.45) is -3.55. The maximum absolute atomic E-state index is 12.6. The first kappa shape index (κ1) is 17.0. The van der Waals surface area contributed by atoms with Crippen LogP contribution in [-0.2, 0) is 12.7 Å². The fourth-order valence-electron chi connectivity index (χ4n) is 2.67. The summed E-state index contributed by atoms with van der Waals surface area (Å²) < 4.78 is 37.7. The zero-order valence-electron chi connectivity index (χ0n) is 13.4. The Morgan fingerprint density at radius 3 is 2.44 bits per heavy atom. The van der Waals surface area contributed by atoms with Crippen LogP contribution in [0.4, 0.5) is 13.2 Å². The summed E-state index contributed by atoms with van der Waals surface area (Å²) >= 11 is 0. The van der Waals surface area contributed by atoms with Gasteiger partial charge in [0.2, 0.25) is 0 Å². The molecule has 3 rings (SSSR count). The normalized spacial score (nSPS) is 11.5. The van der Waals surface area contributed by atoms with Gasteiger partial charge in [0, 0.05) is 19.8 Å². The van der Waals surface area contributed by atoms with Crippen LogP contribution in [0.5, 0.6) is 0 Å². The SMILES string of the molecule is CN(Cc1cccc2ccccc12)C(=O)c1ccc(C(F)(F)F)nc1. The van der Waals surface area contributed by atoms with E-state index in [1.807, 2.05) is 42.5 Å². The van der Waals surface area contributed by atoms with Crippen molar-refractivity contribution >= 4 is 16.7 Å². The summed E-state index contributed by atoms with van der Waals surface area (Å²) in [6.45, 7) is 0.348. The number of carbonyl (C=O) groups excluding carboxylic acids is 1. The van der Waals surface area contributed by atoms with Gasteiger partial charge in [-0.25, -0.2) is 0 Å². The molecule has 1 aromatic heterocycles. The number of carbonyl (C=O) groups is 1. The highest BCUT2D eigenvalue weighted by Crippen LogP contribution is 2.27. The van der Waals surface area contributed by atoms with Crippen LogP contribution in [0.15, 0.2) is 60.8 Å². The third-order valence-electron chi connectivity index (χ3n) is 3.94. The molecule has 0 saturated heterocycles. The van der Waals surface area contributed by atoms with E-state index in [0.717, 1.165) is 34.7 Å². The van der Waals surface area contributed by atoms with E-state index >= 15 is 0 Å². The Morgan fingerprint density at radius 2 is 1.76 bits per heavy atom. The molecule has 6 heteroatoms. The summed E-state index contributed by atoms with van der Waals surface area (Å²) in [4.78, 5) is 17.3. The first-order valence-corrected chi connectivity index (χ1v) is 7.61. The van der Waals surface area contributed by atoms with Crippen LogP contribution in [0.25, 0.3) is 10.8 Å². The first-order valence-electron chi connectivity index (χ1n) is 7.61. The summed E-state index contributed by atoms with van der Waals surface area (Å²) in [5, 5.41) is 2.10. The van der Waals surface area contributed by atoms with Crippen LogP contribution in [0.3, 0.4) is 0 Å². The lowest BCUT2D eigenvalue weighted by molar-refractivity contribution is -0.141. The molecule has 25 heavy (non-hydrogen) atoms. The highest BCUT2D eigenvalue weighted by molar-refractivity contribution is 5.94. The van der Waals surface area contributed by atoms with E-state index in [1.54, 1.807) is 7.05 Å². The molecule has 0 fully saturated rings. The van der Waals surface area contributed by atoms with Gasteiger partial charge in [-0.15, -0.1) is 0 Å². The smallest absolute Gasteiger partial charge is 0.337 e. The zero-order valence-corrected chi connectivity index (χ0v) is 13.4. The molecule has 0 aliphatic carbocycles. The Bertz CT molecular complexity index is 899. The average Bonchev–Trinajstić information content (AvgIpc) is 2.61. The molecule has 3 aromatic rings. The molecular formula is C19H15F3N2O. The standard InChI is InChI=1S/C19H15F3N2O/c1-24(12-15-7-4-6-13-5-2-3-8-16(13)15)18(25)14-9-10-17(23-11-14)19(20,21)22/h2-11H,12H2,1H3. The van der Waals surface area contributed by atoms with Gasteiger partial charge in [-0.3, -0.25) is 9.78 Å². The van der Waals surface area contributed by atoms with Crippen molar-refractivity contribution in [1.82, 2.24) is 9.88 Å². The minimum Gasteiger partial charge on any atom is -0.337 e. The second-order valence-corrected chi connectivity index (χ2v) is 5.73. The summed E-state index contributed by atoms with van der Waals surface area (Å²) in [6, 6.07) is 15.6. The van der Waals surface area contributed by atoms with Crippen LogP contribution < -0.4 is 0 Å². The number of hydrogen-bond acceptors (Lipinski definition) is 2. The highest BCUT2D eigenvalue weighted by atomic mass is 19.4. The minimum absolute atomic E-state index is 0.121. The summed E-state index contributed by atoms with van der Waals surface area (Å²) in [7, 11) is 1.61. The van der Waals surface area contributed by atoms with Crippen molar-refractivity contribution in [3.8, 4) is 0 Å². The van der Waals surface area contributed by atoms with Crippen LogP contribution in [0.1, 0.15) is 21.6 Å². The molecule has 0 unspecified atom stereocenters. The van der Waals surface area contributed by atoms with Crippen molar-refractivity contribution in [2.45, 2.75) is 12.7 Å². The van der Waals surface area contributed by atoms with Crippen molar-refractivity contribution < 1.29 is 18.0 Å². The molecule has 0 aliphatic rings.